The van der Waals surface area contributed by atoms with Gasteiger partial charge in [0.2, 0.25) is 0 Å². The van der Waals surface area contributed by atoms with Gasteiger partial charge in [-0.15, -0.1) is 0 Å². The molecule has 0 amide bonds. The number of hydrogen-bond donors (Lipinski definition) is 1. The molecular formula is C16H21N3. The molecule has 3 heteroatoms. The lowest BCUT2D eigenvalue weighted by atomic mass is 9.94. The fourth-order valence-corrected chi connectivity index (χ4v) is 2.93. The first-order valence-electron chi connectivity index (χ1n) is 7.04. The van der Waals surface area contributed by atoms with E-state index in [2.05, 4.69) is 41.1 Å². The van der Waals surface area contributed by atoms with Gasteiger partial charge in [0, 0.05) is 30.7 Å². The van der Waals surface area contributed by atoms with Gasteiger partial charge in [-0.3, -0.25) is 9.88 Å². The van der Waals surface area contributed by atoms with Gasteiger partial charge < -0.3 is 5.73 Å². The maximum atomic E-state index is 6.09. The highest BCUT2D eigenvalue weighted by molar-refractivity contribution is 5.81. The summed E-state index contributed by atoms with van der Waals surface area (Å²) in [5.74, 6) is 0.585. The smallest absolute Gasteiger partial charge is 0.0705 e. The topological polar surface area (TPSA) is 42.2 Å². The number of para-hydroxylation sites is 1. The van der Waals surface area contributed by atoms with Crippen LogP contribution in [0.25, 0.3) is 10.9 Å². The molecule has 1 aliphatic heterocycles. The van der Waals surface area contributed by atoms with E-state index in [1.54, 1.807) is 0 Å². The van der Waals surface area contributed by atoms with Crippen molar-refractivity contribution in [2.24, 2.45) is 11.7 Å². The zero-order valence-electron chi connectivity index (χ0n) is 11.4. The van der Waals surface area contributed by atoms with Crippen molar-refractivity contribution < 1.29 is 0 Å². The number of aromatic nitrogens is 1. The summed E-state index contributed by atoms with van der Waals surface area (Å²) in [6.07, 6.45) is 3.01. The van der Waals surface area contributed by atoms with Gasteiger partial charge in [0.15, 0.2) is 0 Å². The predicted molar refractivity (Wildman–Crippen MR) is 78.8 cm³/mol. The first-order valence-corrected chi connectivity index (χ1v) is 7.04. The summed E-state index contributed by atoms with van der Waals surface area (Å²) in [6.45, 7) is 5.45. The van der Waals surface area contributed by atoms with Crippen LogP contribution in [0.5, 0.6) is 0 Å². The van der Waals surface area contributed by atoms with Gasteiger partial charge in [-0.2, -0.15) is 0 Å². The van der Waals surface area contributed by atoms with Crippen molar-refractivity contribution in [2.75, 3.05) is 13.1 Å². The molecule has 19 heavy (non-hydrogen) atoms. The second-order valence-corrected chi connectivity index (χ2v) is 5.65. The largest absolute Gasteiger partial charge is 0.327 e. The maximum absolute atomic E-state index is 6.09. The SMILES string of the molecule is CC1CN(Cc2ccnc3ccccc23)CCC1N. The van der Waals surface area contributed by atoms with Crippen LogP contribution in [0, 0.1) is 5.92 Å². The molecule has 1 aliphatic rings. The lowest BCUT2D eigenvalue weighted by Crippen LogP contribution is -2.45. The summed E-state index contributed by atoms with van der Waals surface area (Å²) in [5, 5.41) is 1.27. The Morgan fingerprint density at radius 2 is 2.16 bits per heavy atom. The molecule has 2 aromatic rings. The molecule has 2 N–H and O–H groups in total. The molecule has 2 atom stereocenters. The van der Waals surface area contributed by atoms with Gasteiger partial charge in [-0.1, -0.05) is 25.1 Å². The van der Waals surface area contributed by atoms with E-state index in [9.17, 15) is 0 Å². The molecule has 3 rings (SSSR count). The molecule has 0 spiro atoms. The Labute approximate surface area is 114 Å². The quantitative estimate of drug-likeness (QED) is 0.896. The molecule has 0 saturated carbocycles. The van der Waals surface area contributed by atoms with Gasteiger partial charge in [-0.25, -0.2) is 0 Å². The molecule has 0 bridgehead atoms. The van der Waals surface area contributed by atoms with Crippen LogP contribution in [0.15, 0.2) is 36.5 Å². The molecule has 1 fully saturated rings. The van der Waals surface area contributed by atoms with E-state index in [1.165, 1.54) is 10.9 Å². The predicted octanol–water partition coefficient (Wildman–Crippen LogP) is 2.40. The zero-order chi connectivity index (χ0) is 13.2. The van der Waals surface area contributed by atoms with E-state index in [1.807, 2.05) is 12.3 Å². The highest BCUT2D eigenvalue weighted by Gasteiger charge is 2.23. The van der Waals surface area contributed by atoms with Crippen molar-refractivity contribution in [3.8, 4) is 0 Å². The second-order valence-electron chi connectivity index (χ2n) is 5.65. The highest BCUT2D eigenvalue weighted by atomic mass is 15.1. The first kappa shape index (κ1) is 12.6. The molecule has 1 aromatic heterocycles. The van der Waals surface area contributed by atoms with E-state index < -0.39 is 0 Å². The molecular weight excluding hydrogens is 234 g/mol. The molecule has 3 nitrogen and oxygen atoms in total. The summed E-state index contributed by atoms with van der Waals surface area (Å²) in [4.78, 5) is 6.93. The number of nitrogens with two attached hydrogens (primary N) is 1. The number of piperidine rings is 1. The Bertz CT molecular complexity index is 561. The van der Waals surface area contributed by atoms with Crippen molar-refractivity contribution in [2.45, 2.75) is 25.9 Å². The summed E-state index contributed by atoms with van der Waals surface area (Å²) >= 11 is 0. The van der Waals surface area contributed by atoms with Crippen molar-refractivity contribution >= 4 is 10.9 Å². The lowest BCUT2D eigenvalue weighted by molar-refractivity contribution is 0.158. The van der Waals surface area contributed by atoms with Crippen molar-refractivity contribution in [3.63, 3.8) is 0 Å². The molecule has 2 heterocycles. The van der Waals surface area contributed by atoms with Crippen LogP contribution in [0.4, 0.5) is 0 Å². The number of nitrogens with zero attached hydrogens (tertiary/aromatic N) is 2. The van der Waals surface area contributed by atoms with Gasteiger partial charge in [0.1, 0.15) is 0 Å². The third kappa shape index (κ3) is 2.62. The fraction of sp³-hybridized carbons (Fsp3) is 0.438. The third-order valence-electron chi connectivity index (χ3n) is 4.19. The zero-order valence-corrected chi connectivity index (χ0v) is 11.4. The number of hydrogen-bond acceptors (Lipinski definition) is 3. The second kappa shape index (κ2) is 5.27. The standard InChI is InChI=1S/C16H21N3/c1-12-10-19(9-7-15(12)17)11-13-6-8-18-16-5-3-2-4-14(13)16/h2-6,8,12,15H,7,9-11,17H2,1H3. The van der Waals surface area contributed by atoms with Crippen molar-refractivity contribution in [1.82, 2.24) is 9.88 Å². The van der Waals surface area contributed by atoms with E-state index in [0.717, 1.165) is 31.6 Å². The van der Waals surface area contributed by atoms with Crippen LogP contribution in [-0.2, 0) is 6.54 Å². The molecule has 2 unspecified atom stereocenters. The average Bonchev–Trinajstić information content (AvgIpc) is 2.43. The Hall–Kier alpha value is -1.45. The first-order chi connectivity index (χ1) is 9.24. The van der Waals surface area contributed by atoms with Gasteiger partial charge in [-0.05, 0) is 36.6 Å². The minimum Gasteiger partial charge on any atom is -0.327 e. The Morgan fingerprint density at radius 3 is 3.00 bits per heavy atom. The molecule has 100 valence electrons. The summed E-state index contributed by atoms with van der Waals surface area (Å²) in [6, 6.07) is 10.9. The van der Waals surface area contributed by atoms with E-state index in [4.69, 9.17) is 5.73 Å². The number of benzene rings is 1. The molecule has 0 radical (unpaired) electrons. The van der Waals surface area contributed by atoms with Crippen LogP contribution in [-0.4, -0.2) is 29.0 Å². The van der Waals surface area contributed by atoms with E-state index >= 15 is 0 Å². The Morgan fingerprint density at radius 1 is 1.32 bits per heavy atom. The molecule has 0 aliphatic carbocycles. The van der Waals surface area contributed by atoms with Crippen LogP contribution in [0.1, 0.15) is 18.9 Å². The van der Waals surface area contributed by atoms with Gasteiger partial charge in [0.25, 0.3) is 0 Å². The minimum atomic E-state index is 0.366. The molecule has 1 saturated heterocycles. The van der Waals surface area contributed by atoms with E-state index in [-0.39, 0.29) is 0 Å². The number of likely N-dealkylation sites (tertiary alicyclic amines) is 1. The van der Waals surface area contributed by atoms with Crippen LogP contribution >= 0.6 is 0 Å². The summed E-state index contributed by atoms with van der Waals surface area (Å²) < 4.78 is 0. The Kier molecular flexibility index (Phi) is 3.49. The maximum Gasteiger partial charge on any atom is 0.0705 e. The third-order valence-corrected chi connectivity index (χ3v) is 4.19. The number of rotatable bonds is 2. The highest BCUT2D eigenvalue weighted by Crippen LogP contribution is 2.21. The van der Waals surface area contributed by atoms with Crippen LogP contribution in [0.3, 0.4) is 0 Å². The summed E-state index contributed by atoms with van der Waals surface area (Å²) in [7, 11) is 0. The van der Waals surface area contributed by atoms with Crippen LogP contribution in [0.2, 0.25) is 0 Å². The van der Waals surface area contributed by atoms with Crippen molar-refractivity contribution in [1.29, 1.82) is 0 Å². The Balaban J connectivity index is 1.82. The fourth-order valence-electron chi connectivity index (χ4n) is 2.93. The molecule has 1 aromatic carbocycles. The average molecular weight is 255 g/mol. The van der Waals surface area contributed by atoms with Gasteiger partial charge >= 0.3 is 0 Å². The minimum absolute atomic E-state index is 0.366. The summed E-state index contributed by atoms with van der Waals surface area (Å²) in [5.41, 5.74) is 8.54. The van der Waals surface area contributed by atoms with Crippen LogP contribution < -0.4 is 5.73 Å². The number of pyridine rings is 1. The van der Waals surface area contributed by atoms with E-state index in [0.29, 0.717) is 12.0 Å². The number of fused-ring (bicyclic) bond motifs is 1. The lowest BCUT2D eigenvalue weighted by Gasteiger charge is -2.35. The normalized spacial score (nSPS) is 24.7. The monoisotopic (exact) mass is 255 g/mol. The van der Waals surface area contributed by atoms with Gasteiger partial charge in [0.05, 0.1) is 5.52 Å². The van der Waals surface area contributed by atoms with Crippen molar-refractivity contribution in [3.05, 3.63) is 42.1 Å².